The Kier molecular flexibility index (Phi) is 14.4. The van der Waals surface area contributed by atoms with Gasteiger partial charge in [-0.15, -0.1) is 0 Å². The molecule has 1 aliphatic rings. The minimum atomic E-state index is -3.54. The van der Waals surface area contributed by atoms with Gasteiger partial charge in [0.2, 0.25) is 10.0 Å². The SMILES string of the molecule is CS(=O)(=O)Nc1cc([C@@H](O)CNCCCCCCCCCN2CCC(OC(=O)Nc3ccccc3-c3cccc(O)c3)CC2)ccc1O. The first kappa shape index (κ1) is 37.0. The van der Waals surface area contributed by atoms with Crippen LogP contribution in [0.25, 0.3) is 11.1 Å². The van der Waals surface area contributed by atoms with E-state index < -0.39 is 22.2 Å². The molecule has 48 heavy (non-hydrogen) atoms. The molecule has 12 heteroatoms. The lowest BCUT2D eigenvalue weighted by Gasteiger charge is -2.31. The minimum absolute atomic E-state index is 0.0523. The van der Waals surface area contributed by atoms with E-state index in [1.54, 1.807) is 24.3 Å². The van der Waals surface area contributed by atoms with Crippen molar-refractivity contribution < 1.29 is 33.3 Å². The molecule has 0 unspecified atom stereocenters. The van der Waals surface area contributed by atoms with E-state index in [2.05, 4.69) is 20.3 Å². The van der Waals surface area contributed by atoms with Crippen LogP contribution in [0.15, 0.2) is 66.7 Å². The average Bonchev–Trinajstić information content (AvgIpc) is 3.05. The quantitative estimate of drug-likeness (QED) is 0.0678. The maximum absolute atomic E-state index is 12.7. The number of phenolic OH excluding ortho intramolecular Hbond substituents is 2. The van der Waals surface area contributed by atoms with Crippen LogP contribution in [0.1, 0.15) is 69.5 Å². The van der Waals surface area contributed by atoms with Crippen LogP contribution < -0.4 is 15.4 Å². The Hall–Kier alpha value is -3.84. The molecule has 0 aliphatic carbocycles. The first-order chi connectivity index (χ1) is 23.1. The van der Waals surface area contributed by atoms with Crippen LogP contribution in [0.4, 0.5) is 16.2 Å². The highest BCUT2D eigenvalue weighted by Gasteiger charge is 2.22. The molecule has 1 heterocycles. The van der Waals surface area contributed by atoms with Gasteiger partial charge in [0, 0.05) is 25.2 Å². The van der Waals surface area contributed by atoms with Crippen molar-refractivity contribution in [3.8, 4) is 22.6 Å². The molecule has 262 valence electrons. The van der Waals surface area contributed by atoms with Gasteiger partial charge in [-0.2, -0.15) is 0 Å². The third kappa shape index (κ3) is 12.6. The summed E-state index contributed by atoms with van der Waals surface area (Å²) in [5.41, 5.74) is 2.86. The number of sulfonamides is 1. The van der Waals surface area contributed by atoms with E-state index in [4.69, 9.17) is 4.74 Å². The summed E-state index contributed by atoms with van der Waals surface area (Å²) in [6.45, 7) is 4.04. The molecule has 0 radical (unpaired) electrons. The van der Waals surface area contributed by atoms with Crippen molar-refractivity contribution >= 4 is 27.5 Å². The zero-order valence-corrected chi connectivity index (χ0v) is 28.6. The molecule has 3 aromatic carbocycles. The average molecular weight is 683 g/mol. The fourth-order valence-electron chi connectivity index (χ4n) is 5.93. The van der Waals surface area contributed by atoms with E-state index in [9.17, 15) is 28.5 Å². The zero-order valence-electron chi connectivity index (χ0n) is 27.7. The fourth-order valence-corrected chi connectivity index (χ4v) is 6.49. The number of carbonyl (C=O) groups excluding carboxylic acids is 1. The Bertz CT molecular complexity index is 1560. The van der Waals surface area contributed by atoms with Gasteiger partial charge in [0.1, 0.15) is 17.6 Å². The van der Waals surface area contributed by atoms with E-state index >= 15 is 0 Å². The van der Waals surface area contributed by atoms with Crippen molar-refractivity contribution in [1.82, 2.24) is 10.2 Å². The van der Waals surface area contributed by atoms with Crippen LogP contribution in [-0.2, 0) is 14.8 Å². The van der Waals surface area contributed by atoms with E-state index in [-0.39, 0.29) is 23.3 Å². The van der Waals surface area contributed by atoms with Crippen LogP contribution >= 0.6 is 0 Å². The van der Waals surface area contributed by atoms with Crippen LogP contribution in [0, 0.1) is 0 Å². The van der Waals surface area contributed by atoms with Gasteiger partial charge in [-0.1, -0.05) is 68.5 Å². The lowest BCUT2D eigenvalue weighted by Crippen LogP contribution is -2.38. The molecule has 6 N–H and O–H groups in total. The second-order valence-corrected chi connectivity index (χ2v) is 14.3. The van der Waals surface area contributed by atoms with E-state index in [1.165, 1.54) is 37.8 Å². The van der Waals surface area contributed by atoms with Gasteiger partial charge in [0.05, 0.1) is 23.7 Å². The minimum Gasteiger partial charge on any atom is -0.508 e. The first-order valence-electron chi connectivity index (χ1n) is 16.9. The lowest BCUT2D eigenvalue weighted by atomic mass is 10.0. The van der Waals surface area contributed by atoms with Gasteiger partial charge in [-0.25, -0.2) is 13.2 Å². The highest BCUT2D eigenvalue weighted by Crippen LogP contribution is 2.30. The summed E-state index contributed by atoms with van der Waals surface area (Å²) in [4.78, 5) is 15.1. The molecule has 1 aliphatic heterocycles. The normalized spacial score (nSPS) is 14.8. The number of nitrogens with zero attached hydrogens (tertiary/aromatic N) is 1. The summed E-state index contributed by atoms with van der Waals surface area (Å²) >= 11 is 0. The highest BCUT2D eigenvalue weighted by atomic mass is 32.2. The number of aliphatic hydroxyl groups is 1. The number of carbonyl (C=O) groups is 1. The molecule has 0 spiro atoms. The van der Waals surface area contributed by atoms with Crippen LogP contribution in [0.3, 0.4) is 0 Å². The van der Waals surface area contributed by atoms with Gasteiger partial charge in [0.25, 0.3) is 0 Å². The Morgan fingerprint density at radius 1 is 0.896 bits per heavy atom. The lowest BCUT2D eigenvalue weighted by molar-refractivity contribution is 0.0584. The summed E-state index contributed by atoms with van der Waals surface area (Å²) in [7, 11) is -3.54. The molecule has 0 aromatic heterocycles. The number of likely N-dealkylation sites (tertiary alicyclic amines) is 1. The van der Waals surface area contributed by atoms with Crippen molar-refractivity contribution in [3.05, 3.63) is 72.3 Å². The Morgan fingerprint density at radius 3 is 2.33 bits per heavy atom. The van der Waals surface area contributed by atoms with Gasteiger partial charge >= 0.3 is 6.09 Å². The summed E-state index contributed by atoms with van der Waals surface area (Å²) in [6.07, 6.45) is 9.36. The van der Waals surface area contributed by atoms with E-state index in [0.29, 0.717) is 17.8 Å². The number of anilines is 2. The van der Waals surface area contributed by atoms with Crippen molar-refractivity contribution in [1.29, 1.82) is 0 Å². The number of ether oxygens (including phenoxy) is 1. The molecular formula is C36H50N4O7S. The molecule has 1 saturated heterocycles. The maximum Gasteiger partial charge on any atom is 0.411 e. The summed E-state index contributed by atoms with van der Waals surface area (Å²) in [6, 6.07) is 18.8. The number of hydrogen-bond donors (Lipinski definition) is 6. The molecule has 1 atom stereocenters. The molecule has 4 rings (SSSR count). The predicted molar refractivity (Wildman–Crippen MR) is 190 cm³/mol. The molecular weight excluding hydrogens is 632 g/mol. The third-order valence-corrected chi connectivity index (χ3v) is 9.09. The summed E-state index contributed by atoms with van der Waals surface area (Å²) in [5.74, 6) is -0.0184. The Morgan fingerprint density at radius 2 is 1.60 bits per heavy atom. The predicted octanol–water partition coefficient (Wildman–Crippen LogP) is 6.20. The number of hydrogen-bond acceptors (Lipinski definition) is 9. The molecule has 3 aromatic rings. The Balaban J connectivity index is 1.00. The van der Waals surface area contributed by atoms with Crippen molar-refractivity contribution in [3.63, 3.8) is 0 Å². The number of rotatable bonds is 18. The Labute approximate surface area is 284 Å². The molecule has 11 nitrogen and oxygen atoms in total. The zero-order chi connectivity index (χ0) is 34.4. The number of amides is 1. The van der Waals surface area contributed by atoms with Crippen molar-refractivity contribution in [2.75, 3.05) is 49.0 Å². The highest BCUT2D eigenvalue weighted by molar-refractivity contribution is 7.92. The number of phenols is 2. The maximum atomic E-state index is 12.7. The molecule has 1 fully saturated rings. The van der Waals surface area contributed by atoms with Crippen LogP contribution in [0.5, 0.6) is 11.5 Å². The van der Waals surface area contributed by atoms with Crippen molar-refractivity contribution in [2.24, 2.45) is 0 Å². The van der Waals surface area contributed by atoms with Crippen molar-refractivity contribution in [2.45, 2.75) is 70.0 Å². The van der Waals surface area contributed by atoms with Gasteiger partial charge in [-0.05, 0) is 80.2 Å². The monoisotopic (exact) mass is 682 g/mol. The number of unbranched alkanes of at least 4 members (excludes halogenated alkanes) is 6. The smallest absolute Gasteiger partial charge is 0.411 e. The van der Waals surface area contributed by atoms with Gasteiger partial charge < -0.3 is 30.3 Å². The molecule has 0 bridgehead atoms. The summed E-state index contributed by atoms with van der Waals surface area (Å²) in [5, 5.41) is 36.3. The van der Waals surface area contributed by atoms with Crippen LogP contribution in [-0.4, -0.2) is 79.8 Å². The summed E-state index contributed by atoms with van der Waals surface area (Å²) < 4.78 is 30.9. The fraction of sp³-hybridized carbons (Fsp3) is 0.472. The number of nitrogens with one attached hydrogen (secondary N) is 3. The number of piperidine rings is 1. The number of para-hydroxylation sites is 1. The first-order valence-corrected chi connectivity index (χ1v) is 18.7. The van der Waals surface area contributed by atoms with Crippen LogP contribution in [0.2, 0.25) is 0 Å². The number of aliphatic hydroxyl groups excluding tert-OH is 1. The third-order valence-electron chi connectivity index (χ3n) is 8.50. The second-order valence-electron chi connectivity index (χ2n) is 12.5. The number of aromatic hydroxyl groups is 2. The van der Waals surface area contributed by atoms with Gasteiger partial charge in [-0.3, -0.25) is 10.0 Å². The standard InChI is InChI=1S/C36H50N4O7S/c1-48(45,46)39-33-25-28(16-17-34(33)42)35(43)26-37-20-9-5-3-2-4-6-10-21-40-22-18-30(19-23-40)47-36(44)38-32-15-8-7-14-31(32)27-12-11-13-29(41)24-27/h7-8,11-17,24-25,30,35,37,39,41-43H,2-6,9-10,18-23,26H2,1H3,(H,38,44)/t35-/m0/s1. The van der Waals surface area contributed by atoms with E-state index in [1.807, 2.05) is 30.3 Å². The number of benzene rings is 3. The van der Waals surface area contributed by atoms with E-state index in [0.717, 1.165) is 75.7 Å². The topological polar surface area (TPSA) is 160 Å². The molecule has 0 saturated carbocycles. The second kappa shape index (κ2) is 18.6. The molecule has 1 amide bonds. The van der Waals surface area contributed by atoms with Gasteiger partial charge in [0.15, 0.2) is 0 Å². The largest absolute Gasteiger partial charge is 0.508 e.